The molecule has 0 unspecified atom stereocenters. The van der Waals surface area contributed by atoms with Gasteiger partial charge in [-0.1, -0.05) is 6.92 Å². The minimum absolute atomic E-state index is 0.0169. The maximum absolute atomic E-state index is 13.0. The Kier molecular flexibility index (Phi) is 5.99. The predicted molar refractivity (Wildman–Crippen MR) is 102 cm³/mol. The lowest BCUT2D eigenvalue weighted by molar-refractivity contribution is -0.141. The summed E-state index contributed by atoms with van der Waals surface area (Å²) < 4.78 is 76.1. The van der Waals surface area contributed by atoms with Gasteiger partial charge in [-0.05, 0) is 6.07 Å². The summed E-state index contributed by atoms with van der Waals surface area (Å²) in [6.07, 6.45) is -2.24. The number of imidazole rings is 1. The van der Waals surface area contributed by atoms with E-state index in [9.17, 15) is 21.6 Å². The monoisotopic (exact) mass is 444 g/mol. The number of alkyl halides is 3. The molecule has 0 fully saturated rings. The highest BCUT2D eigenvalue weighted by Crippen LogP contribution is 2.33. The number of aryl methyl sites for hydroxylation is 1. The molecule has 0 radical (unpaired) electrons. The number of aromatic nitrogens is 4. The second-order valence-electron chi connectivity index (χ2n) is 6.31. The molecule has 0 N–H and O–H groups in total. The van der Waals surface area contributed by atoms with Crippen LogP contribution in [0, 0.1) is 0 Å². The largest absolute Gasteiger partial charge is 0.490 e. The molecule has 162 valence electrons. The van der Waals surface area contributed by atoms with Gasteiger partial charge in [0.15, 0.2) is 15.7 Å². The number of methoxy groups -OCH3 is 1. The Labute approximate surface area is 170 Å². The van der Waals surface area contributed by atoms with Gasteiger partial charge in [-0.15, -0.1) is 0 Å². The van der Waals surface area contributed by atoms with Crippen molar-refractivity contribution in [3.05, 3.63) is 30.2 Å². The average Bonchev–Trinajstić information content (AvgIpc) is 3.03. The highest BCUT2D eigenvalue weighted by Gasteiger charge is 2.33. The molecule has 3 rings (SSSR count). The number of halogens is 3. The van der Waals surface area contributed by atoms with Crippen LogP contribution < -0.4 is 4.74 Å². The first-order chi connectivity index (χ1) is 14.1. The zero-order valence-electron chi connectivity index (χ0n) is 16.4. The zero-order valence-corrected chi connectivity index (χ0v) is 17.2. The number of ether oxygens (including phenoxy) is 2. The number of hydrogen-bond donors (Lipinski definition) is 0. The topological polar surface area (TPSA) is 96.2 Å². The Morgan fingerprint density at radius 1 is 1.13 bits per heavy atom. The van der Waals surface area contributed by atoms with Crippen LogP contribution in [0.5, 0.6) is 5.75 Å². The molecular weight excluding hydrogens is 425 g/mol. The van der Waals surface area contributed by atoms with Gasteiger partial charge in [-0.2, -0.15) is 13.2 Å². The van der Waals surface area contributed by atoms with E-state index in [0.29, 0.717) is 12.1 Å². The van der Waals surface area contributed by atoms with Gasteiger partial charge in [-0.25, -0.2) is 23.4 Å². The minimum atomic E-state index is -4.62. The number of fused-ring (bicyclic) bond motifs is 1. The first-order valence-electron chi connectivity index (χ1n) is 8.83. The third-order valence-corrected chi connectivity index (χ3v) is 6.11. The van der Waals surface area contributed by atoms with Crippen LogP contribution in [0.3, 0.4) is 0 Å². The molecule has 3 heterocycles. The van der Waals surface area contributed by atoms with Crippen LogP contribution >= 0.6 is 0 Å². The van der Waals surface area contributed by atoms with E-state index in [2.05, 4.69) is 15.0 Å². The first-order valence-corrected chi connectivity index (χ1v) is 10.5. The van der Waals surface area contributed by atoms with Gasteiger partial charge < -0.3 is 14.0 Å². The number of rotatable bonds is 7. The highest BCUT2D eigenvalue weighted by molar-refractivity contribution is 7.91. The van der Waals surface area contributed by atoms with E-state index in [0.717, 1.165) is 12.3 Å². The summed E-state index contributed by atoms with van der Waals surface area (Å²) in [5.41, 5.74) is -0.740. The van der Waals surface area contributed by atoms with Crippen molar-refractivity contribution in [2.45, 2.75) is 18.0 Å². The molecule has 30 heavy (non-hydrogen) atoms. The van der Waals surface area contributed by atoms with Crippen LogP contribution in [0.1, 0.15) is 12.6 Å². The summed E-state index contributed by atoms with van der Waals surface area (Å²) in [6, 6.07) is 2.14. The van der Waals surface area contributed by atoms with Gasteiger partial charge in [0.05, 0.1) is 35.8 Å². The van der Waals surface area contributed by atoms with Crippen molar-refractivity contribution in [3.63, 3.8) is 0 Å². The SMILES string of the molecule is CCS(=O)(=O)c1cc(OCCOC)cnc1-c1nc2cc(C(F)(F)F)ncc2n1C. The highest BCUT2D eigenvalue weighted by atomic mass is 32.2. The summed E-state index contributed by atoms with van der Waals surface area (Å²) in [4.78, 5) is 11.7. The Hall–Kier alpha value is -2.73. The smallest absolute Gasteiger partial charge is 0.433 e. The third kappa shape index (κ3) is 4.24. The normalized spacial score (nSPS) is 12.5. The Morgan fingerprint density at radius 3 is 2.50 bits per heavy atom. The first kappa shape index (κ1) is 22.0. The molecule has 0 saturated heterocycles. The van der Waals surface area contributed by atoms with Gasteiger partial charge >= 0.3 is 6.18 Å². The van der Waals surface area contributed by atoms with E-state index in [1.54, 1.807) is 7.05 Å². The number of hydrogen-bond acceptors (Lipinski definition) is 7. The summed E-state index contributed by atoms with van der Waals surface area (Å²) in [6.45, 7) is 1.98. The second-order valence-corrected chi connectivity index (χ2v) is 8.56. The molecule has 8 nitrogen and oxygen atoms in total. The standard InChI is InChI=1S/C18H19F3N4O4S/c1-4-30(26,27)14-7-11(29-6-5-28-3)9-23-16(14)17-24-12-8-15(18(19,20)21)22-10-13(12)25(17)2/h7-10H,4-6H2,1-3H3. The molecule has 0 spiro atoms. The van der Waals surface area contributed by atoms with Crippen LogP contribution in [-0.2, 0) is 27.8 Å². The van der Waals surface area contributed by atoms with Crippen LogP contribution in [0.25, 0.3) is 22.6 Å². The Balaban J connectivity index is 2.16. The Bertz CT molecular complexity index is 1180. The van der Waals surface area contributed by atoms with Crippen molar-refractivity contribution in [2.24, 2.45) is 7.05 Å². The molecule has 3 aromatic rings. The van der Waals surface area contributed by atoms with Crippen molar-refractivity contribution in [1.29, 1.82) is 0 Å². The summed E-state index contributed by atoms with van der Waals surface area (Å²) in [5, 5.41) is 0. The zero-order chi connectivity index (χ0) is 22.1. The number of nitrogens with zero attached hydrogens (tertiary/aromatic N) is 4. The van der Waals surface area contributed by atoms with Crippen molar-refractivity contribution in [1.82, 2.24) is 19.5 Å². The lowest BCUT2D eigenvalue weighted by Crippen LogP contribution is -2.10. The van der Waals surface area contributed by atoms with Gasteiger partial charge in [0.1, 0.15) is 28.6 Å². The molecule has 12 heteroatoms. The van der Waals surface area contributed by atoms with E-state index in [4.69, 9.17) is 9.47 Å². The maximum atomic E-state index is 13.0. The molecule has 0 bridgehead atoms. The fourth-order valence-electron chi connectivity index (χ4n) is 2.76. The van der Waals surface area contributed by atoms with Gasteiger partial charge in [0.2, 0.25) is 0 Å². The van der Waals surface area contributed by atoms with Crippen LogP contribution in [0.15, 0.2) is 29.4 Å². The third-order valence-electron chi connectivity index (χ3n) is 4.37. The number of sulfone groups is 1. The van der Waals surface area contributed by atoms with Crippen LogP contribution in [0.2, 0.25) is 0 Å². The minimum Gasteiger partial charge on any atom is -0.490 e. The van der Waals surface area contributed by atoms with E-state index in [1.807, 2.05) is 0 Å². The van der Waals surface area contributed by atoms with E-state index in [-0.39, 0.29) is 40.0 Å². The predicted octanol–water partition coefficient (Wildman–Crippen LogP) is 2.87. The van der Waals surface area contributed by atoms with Crippen LogP contribution in [0.4, 0.5) is 13.2 Å². The quantitative estimate of drug-likeness (QED) is 0.517. The second kappa shape index (κ2) is 8.19. The fraction of sp³-hybridized carbons (Fsp3) is 0.389. The van der Waals surface area contributed by atoms with E-state index >= 15 is 0 Å². The molecule has 0 aliphatic rings. The molecule has 0 aromatic carbocycles. The van der Waals surface area contributed by atoms with Crippen molar-refractivity contribution in [2.75, 3.05) is 26.1 Å². The summed E-state index contributed by atoms with van der Waals surface area (Å²) >= 11 is 0. The van der Waals surface area contributed by atoms with Crippen LogP contribution in [-0.4, -0.2) is 54.0 Å². The van der Waals surface area contributed by atoms with Gasteiger partial charge in [-0.3, -0.25) is 0 Å². The summed E-state index contributed by atoms with van der Waals surface area (Å²) in [7, 11) is -0.688. The van der Waals surface area contributed by atoms with Gasteiger partial charge in [0, 0.05) is 20.2 Å². The van der Waals surface area contributed by atoms with Crippen molar-refractivity contribution >= 4 is 20.9 Å². The lowest BCUT2D eigenvalue weighted by Gasteiger charge is -2.12. The number of pyridine rings is 2. The van der Waals surface area contributed by atoms with E-state index in [1.165, 1.54) is 30.9 Å². The fourth-order valence-corrected chi connectivity index (χ4v) is 3.81. The molecular formula is C18H19F3N4O4S. The molecule has 3 aromatic heterocycles. The maximum Gasteiger partial charge on any atom is 0.433 e. The molecule has 0 saturated carbocycles. The molecule has 0 aliphatic heterocycles. The molecule has 0 aliphatic carbocycles. The molecule has 0 amide bonds. The van der Waals surface area contributed by atoms with Crippen molar-refractivity contribution < 1.29 is 31.1 Å². The summed E-state index contributed by atoms with van der Waals surface area (Å²) in [5.74, 6) is 0.122. The van der Waals surface area contributed by atoms with Gasteiger partial charge in [0.25, 0.3) is 0 Å². The average molecular weight is 444 g/mol. The Morgan fingerprint density at radius 2 is 1.87 bits per heavy atom. The van der Waals surface area contributed by atoms with Crippen molar-refractivity contribution in [3.8, 4) is 17.3 Å². The van der Waals surface area contributed by atoms with E-state index < -0.39 is 21.7 Å². The lowest BCUT2D eigenvalue weighted by atomic mass is 10.3. The molecule has 0 atom stereocenters.